The number of ether oxygens (including phenoxy) is 1. The van der Waals surface area contributed by atoms with Gasteiger partial charge in [-0.3, -0.25) is 14.6 Å². The van der Waals surface area contributed by atoms with Crippen LogP contribution in [0, 0.1) is 11.8 Å². The van der Waals surface area contributed by atoms with Gasteiger partial charge in [0.05, 0.1) is 33.8 Å². The largest absolute Gasteiger partial charge is 0.508 e. The van der Waals surface area contributed by atoms with Crippen LogP contribution in [0.5, 0.6) is 11.5 Å². The Morgan fingerprint density at radius 1 is 0.762 bits per heavy atom. The highest BCUT2D eigenvalue weighted by atomic mass is 35.5. The van der Waals surface area contributed by atoms with Crippen molar-refractivity contribution in [2.75, 3.05) is 40.0 Å². The van der Waals surface area contributed by atoms with Gasteiger partial charge in [0.2, 0.25) is 0 Å². The van der Waals surface area contributed by atoms with Crippen molar-refractivity contribution in [3.8, 4) is 11.5 Å². The van der Waals surface area contributed by atoms with Gasteiger partial charge in [-0.2, -0.15) is 0 Å². The Morgan fingerprint density at radius 2 is 1.21 bits per heavy atom. The molecule has 0 saturated carbocycles. The average Bonchev–Trinajstić information content (AvgIpc) is 2.98. The smallest absolute Gasteiger partial charge is 0.323 e. The number of phenols is 2. The van der Waals surface area contributed by atoms with Gasteiger partial charge in [-0.25, -0.2) is 0 Å². The number of piperidine rings is 2. The molecule has 4 rings (SSSR count). The summed E-state index contributed by atoms with van der Waals surface area (Å²) in [5, 5.41) is 49.3. The molecule has 42 heavy (non-hydrogen) atoms. The van der Waals surface area contributed by atoms with E-state index in [0.29, 0.717) is 52.2 Å². The highest BCUT2D eigenvalue weighted by Gasteiger charge is 2.34. The first-order valence-electron chi connectivity index (χ1n) is 13.7. The highest BCUT2D eigenvalue weighted by Crippen LogP contribution is 2.34. The lowest BCUT2D eigenvalue weighted by Crippen LogP contribution is -2.47. The van der Waals surface area contributed by atoms with E-state index in [1.165, 1.54) is 19.2 Å². The summed E-state index contributed by atoms with van der Waals surface area (Å²) in [6.07, 6.45) is 2.96. The van der Waals surface area contributed by atoms with E-state index in [4.69, 9.17) is 51.1 Å². The van der Waals surface area contributed by atoms with Gasteiger partial charge in [0.1, 0.15) is 17.5 Å². The molecule has 0 bridgehead atoms. The quantitative estimate of drug-likeness (QED) is 0.254. The highest BCUT2D eigenvalue weighted by molar-refractivity contribution is 6.42. The third kappa shape index (κ3) is 9.24. The fourth-order valence-corrected chi connectivity index (χ4v) is 6.10. The Labute approximate surface area is 266 Å². The van der Waals surface area contributed by atoms with Gasteiger partial charge in [0, 0.05) is 55.6 Å². The SMILES string of the molecule is COC(=O)C1CC(CO)CCN1Cc1cc(Cl)c(Cl)cc1O.OCC1CCN(Cc2cc(Cl)c(Cl)cc2O)C(CO)C1. The average molecular weight is 668 g/mol. The zero-order valence-corrected chi connectivity index (χ0v) is 26.4. The molecule has 2 saturated heterocycles. The number of phenolic OH excluding ortho intramolecular Hbond substituents is 2. The van der Waals surface area contributed by atoms with E-state index in [1.54, 1.807) is 12.1 Å². The minimum Gasteiger partial charge on any atom is -0.508 e. The lowest BCUT2D eigenvalue weighted by molar-refractivity contribution is -0.149. The lowest BCUT2D eigenvalue weighted by atomic mass is 9.91. The van der Waals surface area contributed by atoms with Crippen molar-refractivity contribution in [1.29, 1.82) is 0 Å². The molecule has 0 amide bonds. The number of hydrogen-bond acceptors (Lipinski definition) is 9. The molecule has 0 radical (unpaired) electrons. The predicted molar refractivity (Wildman–Crippen MR) is 163 cm³/mol. The number of benzene rings is 2. The molecule has 2 fully saturated rings. The summed E-state index contributed by atoms with van der Waals surface area (Å²) in [7, 11) is 1.35. The molecule has 9 nitrogen and oxygen atoms in total. The van der Waals surface area contributed by atoms with Crippen LogP contribution in [-0.2, 0) is 22.6 Å². The summed E-state index contributed by atoms with van der Waals surface area (Å²) in [6, 6.07) is 5.65. The van der Waals surface area contributed by atoms with E-state index in [9.17, 15) is 30.3 Å². The second-order valence-electron chi connectivity index (χ2n) is 10.8. The summed E-state index contributed by atoms with van der Waals surface area (Å²) in [5.74, 6) is 0.147. The molecule has 4 atom stereocenters. The number of carbonyl (C=O) groups is 1. The fourth-order valence-electron chi connectivity index (χ4n) is 5.42. The van der Waals surface area contributed by atoms with Crippen LogP contribution < -0.4 is 0 Å². The van der Waals surface area contributed by atoms with Crippen molar-refractivity contribution >= 4 is 52.4 Å². The van der Waals surface area contributed by atoms with E-state index >= 15 is 0 Å². The molecule has 0 aromatic heterocycles. The molecule has 0 aliphatic carbocycles. The van der Waals surface area contributed by atoms with Gasteiger partial charge < -0.3 is 30.3 Å². The van der Waals surface area contributed by atoms with Gasteiger partial charge in [-0.1, -0.05) is 46.4 Å². The Hall–Kier alpha value is -1.53. The normalized spacial score (nSPS) is 23.2. The number of methoxy groups -OCH3 is 1. The van der Waals surface area contributed by atoms with Crippen LogP contribution in [0.3, 0.4) is 0 Å². The maximum atomic E-state index is 12.0. The van der Waals surface area contributed by atoms with Crippen molar-refractivity contribution < 1.29 is 35.1 Å². The standard InChI is InChI=1S/C15H19Cl2NO4.C14H19Cl2NO3/c1-22-15(21)13-4-9(8-19)2-3-18(13)7-10-5-11(16)12(17)6-14(10)20;15-12-4-10(14(20)5-13(12)16)6-17-2-1-9(7-18)3-11(17)8-19/h5-6,9,13,19-20H,2-4,7-8H2,1H3;4-5,9,11,18-20H,1-3,6-8H2. The minimum absolute atomic E-state index is 0.00486. The van der Waals surface area contributed by atoms with E-state index in [2.05, 4.69) is 4.90 Å². The summed E-state index contributed by atoms with van der Waals surface area (Å²) < 4.78 is 4.85. The van der Waals surface area contributed by atoms with Crippen LogP contribution in [-0.4, -0.2) is 93.4 Å². The molecule has 2 aromatic rings. The first kappa shape index (κ1) is 35.0. The van der Waals surface area contributed by atoms with Crippen LogP contribution in [0.4, 0.5) is 0 Å². The van der Waals surface area contributed by atoms with Crippen LogP contribution in [0.2, 0.25) is 20.1 Å². The Kier molecular flexibility index (Phi) is 13.7. The van der Waals surface area contributed by atoms with Crippen LogP contribution in [0.25, 0.3) is 0 Å². The van der Waals surface area contributed by atoms with Crippen LogP contribution in [0.1, 0.15) is 36.8 Å². The first-order chi connectivity index (χ1) is 20.0. The summed E-state index contributed by atoms with van der Waals surface area (Å²) in [4.78, 5) is 16.0. The molecule has 2 aromatic carbocycles. The second-order valence-corrected chi connectivity index (χ2v) is 12.4. The maximum absolute atomic E-state index is 12.0. The number of aromatic hydroxyl groups is 2. The molecule has 2 aliphatic heterocycles. The van der Waals surface area contributed by atoms with Crippen molar-refractivity contribution in [1.82, 2.24) is 9.80 Å². The molecular formula is C29H38Cl4N2O7. The lowest BCUT2D eigenvalue weighted by Gasteiger charge is -2.38. The molecule has 5 N–H and O–H groups in total. The molecule has 2 heterocycles. The van der Waals surface area contributed by atoms with Gasteiger partial charge in [-0.15, -0.1) is 0 Å². The number of carbonyl (C=O) groups excluding carboxylic acids is 1. The van der Waals surface area contributed by atoms with Crippen molar-refractivity contribution in [3.05, 3.63) is 55.5 Å². The van der Waals surface area contributed by atoms with E-state index in [1.807, 2.05) is 4.90 Å². The molecule has 4 unspecified atom stereocenters. The maximum Gasteiger partial charge on any atom is 0.323 e. The molecule has 234 valence electrons. The Balaban J connectivity index is 0.000000231. The van der Waals surface area contributed by atoms with Crippen molar-refractivity contribution in [2.45, 2.75) is 50.9 Å². The van der Waals surface area contributed by atoms with Gasteiger partial charge >= 0.3 is 5.97 Å². The number of esters is 1. The monoisotopic (exact) mass is 666 g/mol. The van der Waals surface area contributed by atoms with Crippen LogP contribution >= 0.6 is 46.4 Å². The molecule has 2 aliphatic rings. The number of aliphatic hydroxyl groups is 3. The number of aliphatic hydroxyl groups excluding tert-OH is 3. The van der Waals surface area contributed by atoms with E-state index in [0.717, 1.165) is 25.8 Å². The zero-order valence-electron chi connectivity index (χ0n) is 23.4. The third-order valence-electron chi connectivity index (χ3n) is 7.96. The summed E-state index contributed by atoms with van der Waals surface area (Å²) >= 11 is 23.7. The molecule has 13 heteroatoms. The summed E-state index contributed by atoms with van der Waals surface area (Å²) in [6.45, 7) is 2.52. The number of hydrogen-bond donors (Lipinski definition) is 5. The van der Waals surface area contributed by atoms with Crippen LogP contribution in [0.15, 0.2) is 24.3 Å². The van der Waals surface area contributed by atoms with E-state index in [-0.39, 0.29) is 60.2 Å². The van der Waals surface area contributed by atoms with Crippen molar-refractivity contribution in [2.24, 2.45) is 11.8 Å². The number of halogens is 4. The van der Waals surface area contributed by atoms with Crippen molar-refractivity contribution in [3.63, 3.8) is 0 Å². The Bertz CT molecular complexity index is 1210. The fraction of sp³-hybridized carbons (Fsp3) is 0.552. The number of rotatable bonds is 8. The minimum atomic E-state index is -0.440. The predicted octanol–water partition coefficient (Wildman–Crippen LogP) is 4.71. The second kappa shape index (κ2) is 16.5. The van der Waals surface area contributed by atoms with Gasteiger partial charge in [0.15, 0.2) is 0 Å². The van der Waals surface area contributed by atoms with Gasteiger partial charge in [-0.05, 0) is 62.7 Å². The Morgan fingerprint density at radius 3 is 1.69 bits per heavy atom. The third-order valence-corrected chi connectivity index (χ3v) is 9.40. The number of nitrogens with zero attached hydrogens (tertiary/aromatic N) is 2. The molecule has 0 spiro atoms. The summed E-state index contributed by atoms with van der Waals surface area (Å²) in [5.41, 5.74) is 1.30. The van der Waals surface area contributed by atoms with Gasteiger partial charge in [0.25, 0.3) is 0 Å². The van der Waals surface area contributed by atoms with E-state index < -0.39 is 6.04 Å². The zero-order chi connectivity index (χ0) is 31.0. The number of likely N-dealkylation sites (tertiary alicyclic amines) is 2. The molecular weight excluding hydrogens is 630 g/mol. The topological polar surface area (TPSA) is 134 Å². The first-order valence-corrected chi connectivity index (χ1v) is 15.2.